The van der Waals surface area contributed by atoms with Gasteiger partial charge in [-0.15, -0.1) is 0 Å². The number of nitriles is 1. The number of carbonyl (C=O) groups excluding carboxylic acids is 2. The fraction of sp³-hybridized carbons (Fsp3) is 0.464. The highest BCUT2D eigenvalue weighted by Crippen LogP contribution is 2.25. The van der Waals surface area contributed by atoms with Crippen LogP contribution in [0, 0.1) is 11.3 Å². The van der Waals surface area contributed by atoms with Crippen LogP contribution in [0.5, 0.6) is 5.75 Å². The quantitative estimate of drug-likeness (QED) is 0.416. The van der Waals surface area contributed by atoms with E-state index in [-0.39, 0.29) is 24.4 Å². The van der Waals surface area contributed by atoms with Crippen molar-refractivity contribution in [3.05, 3.63) is 65.2 Å². The third-order valence-electron chi connectivity index (χ3n) is 6.23. The van der Waals surface area contributed by atoms with E-state index in [0.29, 0.717) is 51.3 Å². The Kier molecular flexibility index (Phi) is 10.7. The zero-order valence-corrected chi connectivity index (χ0v) is 21.2. The molecule has 1 aliphatic rings. The number of ether oxygens (including phenoxy) is 3. The lowest BCUT2D eigenvalue weighted by Crippen LogP contribution is -2.49. The summed E-state index contributed by atoms with van der Waals surface area (Å²) >= 11 is 0. The molecule has 1 saturated heterocycles. The molecule has 1 amide bonds. The van der Waals surface area contributed by atoms with Gasteiger partial charge in [0, 0.05) is 45.6 Å². The maximum absolute atomic E-state index is 12.6. The lowest BCUT2D eigenvalue weighted by molar-refractivity contribution is -0.143. The highest BCUT2D eigenvalue weighted by atomic mass is 16.5. The minimum Gasteiger partial charge on any atom is -0.497 e. The molecule has 0 aromatic heterocycles. The molecule has 1 fully saturated rings. The van der Waals surface area contributed by atoms with Gasteiger partial charge in [0.2, 0.25) is 5.91 Å². The second kappa shape index (κ2) is 14.2. The number of benzene rings is 2. The normalized spacial score (nSPS) is 14.6. The number of esters is 1. The molecule has 2 aromatic carbocycles. The fourth-order valence-electron chi connectivity index (χ4n) is 4.16. The fourth-order valence-corrected chi connectivity index (χ4v) is 4.16. The van der Waals surface area contributed by atoms with Crippen molar-refractivity contribution in [1.29, 1.82) is 5.26 Å². The summed E-state index contributed by atoms with van der Waals surface area (Å²) in [5.41, 5.74) is 2.65. The Hall–Kier alpha value is -3.41. The first-order valence-electron chi connectivity index (χ1n) is 12.4. The molecule has 36 heavy (non-hydrogen) atoms. The van der Waals surface area contributed by atoms with Crippen LogP contribution in [0.3, 0.4) is 0 Å². The van der Waals surface area contributed by atoms with Crippen molar-refractivity contribution in [2.75, 3.05) is 46.4 Å². The predicted molar refractivity (Wildman–Crippen MR) is 135 cm³/mol. The molecule has 8 nitrogen and oxygen atoms in total. The summed E-state index contributed by atoms with van der Waals surface area (Å²) in [4.78, 5) is 28.2. The van der Waals surface area contributed by atoms with Gasteiger partial charge in [0.25, 0.3) is 0 Å². The van der Waals surface area contributed by atoms with Gasteiger partial charge >= 0.3 is 5.97 Å². The van der Waals surface area contributed by atoms with Gasteiger partial charge in [-0.2, -0.15) is 5.26 Å². The van der Waals surface area contributed by atoms with E-state index in [0.717, 1.165) is 30.0 Å². The Balaban J connectivity index is 1.55. The van der Waals surface area contributed by atoms with Crippen LogP contribution in [0.4, 0.5) is 0 Å². The van der Waals surface area contributed by atoms with E-state index < -0.39 is 0 Å². The van der Waals surface area contributed by atoms with E-state index in [1.54, 1.807) is 26.2 Å². The number of nitrogens with zero attached hydrogens (tertiary/aromatic N) is 3. The summed E-state index contributed by atoms with van der Waals surface area (Å²) in [6.07, 6.45) is 0.971. The smallest absolute Gasteiger partial charge is 0.305 e. The molecule has 8 heteroatoms. The molecule has 1 heterocycles. The summed E-state index contributed by atoms with van der Waals surface area (Å²) in [7, 11) is 1.65. The molecule has 1 atom stereocenters. The molecule has 0 aliphatic carbocycles. The molecular formula is C28H35N3O5. The minimum atomic E-state index is -0.250. The number of hydrogen-bond acceptors (Lipinski definition) is 7. The van der Waals surface area contributed by atoms with Crippen molar-refractivity contribution in [2.45, 2.75) is 38.9 Å². The summed E-state index contributed by atoms with van der Waals surface area (Å²) in [5.74, 6) is 0.609. The van der Waals surface area contributed by atoms with Crippen molar-refractivity contribution in [2.24, 2.45) is 0 Å². The van der Waals surface area contributed by atoms with Gasteiger partial charge in [-0.1, -0.05) is 24.3 Å². The lowest BCUT2D eigenvalue weighted by Gasteiger charge is -2.36. The van der Waals surface area contributed by atoms with Crippen molar-refractivity contribution in [1.82, 2.24) is 9.80 Å². The van der Waals surface area contributed by atoms with Crippen LogP contribution in [-0.2, 0) is 25.7 Å². The van der Waals surface area contributed by atoms with Gasteiger partial charge in [-0.25, -0.2) is 0 Å². The SMILES string of the molecule is CCOC(=O)CCCC(=O)N1CCN(CC(OCc2ccc(C#N)cc2)c2cccc(OC)c2)CC1. The van der Waals surface area contributed by atoms with E-state index in [9.17, 15) is 9.59 Å². The van der Waals surface area contributed by atoms with Gasteiger partial charge in [0.05, 0.1) is 38.1 Å². The summed E-state index contributed by atoms with van der Waals surface area (Å²) in [6, 6.07) is 17.4. The predicted octanol–water partition coefficient (Wildman–Crippen LogP) is 3.70. The van der Waals surface area contributed by atoms with Crippen LogP contribution in [0.1, 0.15) is 49.0 Å². The van der Waals surface area contributed by atoms with E-state index in [1.807, 2.05) is 41.3 Å². The number of hydrogen-bond donors (Lipinski definition) is 0. The molecule has 1 aliphatic heterocycles. The van der Waals surface area contributed by atoms with E-state index in [2.05, 4.69) is 11.0 Å². The molecular weight excluding hydrogens is 458 g/mol. The van der Waals surface area contributed by atoms with Crippen molar-refractivity contribution >= 4 is 11.9 Å². The van der Waals surface area contributed by atoms with Crippen molar-refractivity contribution < 1.29 is 23.8 Å². The van der Waals surface area contributed by atoms with Gasteiger partial charge in [-0.3, -0.25) is 14.5 Å². The zero-order chi connectivity index (χ0) is 25.8. The summed E-state index contributed by atoms with van der Waals surface area (Å²) < 4.78 is 16.7. The highest BCUT2D eigenvalue weighted by molar-refractivity contribution is 5.77. The number of carbonyl (C=O) groups is 2. The van der Waals surface area contributed by atoms with Crippen LogP contribution in [0.15, 0.2) is 48.5 Å². The number of amides is 1. The Morgan fingerprint density at radius 2 is 1.81 bits per heavy atom. The van der Waals surface area contributed by atoms with E-state index >= 15 is 0 Å². The first-order chi connectivity index (χ1) is 17.5. The van der Waals surface area contributed by atoms with Crippen LogP contribution in [0.2, 0.25) is 0 Å². The first-order valence-corrected chi connectivity index (χ1v) is 12.4. The Bertz CT molecular complexity index is 1030. The third-order valence-corrected chi connectivity index (χ3v) is 6.23. The monoisotopic (exact) mass is 493 g/mol. The Morgan fingerprint density at radius 3 is 2.47 bits per heavy atom. The molecule has 2 aromatic rings. The Morgan fingerprint density at radius 1 is 1.06 bits per heavy atom. The third kappa shape index (κ3) is 8.36. The average molecular weight is 494 g/mol. The standard InChI is InChI=1S/C28H35N3O5/c1-3-35-28(33)9-5-8-27(32)31-16-14-30(15-17-31)20-26(24-6-4-7-25(18-24)34-2)36-21-23-12-10-22(19-29)11-13-23/h4,6-7,10-13,18,26H,3,5,8-9,14-17,20-21H2,1-2H3. The number of piperazine rings is 1. The second-order valence-corrected chi connectivity index (χ2v) is 8.72. The summed E-state index contributed by atoms with van der Waals surface area (Å²) in [5, 5.41) is 9.02. The average Bonchev–Trinajstić information content (AvgIpc) is 2.91. The van der Waals surface area contributed by atoms with Crippen molar-refractivity contribution in [3.8, 4) is 11.8 Å². The van der Waals surface area contributed by atoms with Gasteiger partial charge in [-0.05, 0) is 48.7 Å². The lowest BCUT2D eigenvalue weighted by atomic mass is 10.1. The first kappa shape index (κ1) is 27.2. The minimum absolute atomic E-state index is 0.0837. The zero-order valence-electron chi connectivity index (χ0n) is 21.2. The van der Waals surface area contributed by atoms with E-state index in [1.165, 1.54) is 0 Å². The Labute approximate surface area is 213 Å². The molecule has 0 N–H and O–H groups in total. The van der Waals surface area contributed by atoms with Crippen LogP contribution in [0.25, 0.3) is 0 Å². The van der Waals surface area contributed by atoms with Gasteiger partial charge < -0.3 is 19.1 Å². The molecule has 3 rings (SSSR count). The van der Waals surface area contributed by atoms with Crippen LogP contribution >= 0.6 is 0 Å². The van der Waals surface area contributed by atoms with Crippen molar-refractivity contribution in [3.63, 3.8) is 0 Å². The van der Waals surface area contributed by atoms with Crippen LogP contribution < -0.4 is 4.74 Å². The molecule has 0 bridgehead atoms. The van der Waals surface area contributed by atoms with Crippen LogP contribution in [-0.4, -0.2) is 68.1 Å². The molecule has 0 saturated carbocycles. The number of methoxy groups -OCH3 is 1. The van der Waals surface area contributed by atoms with E-state index in [4.69, 9.17) is 19.5 Å². The van der Waals surface area contributed by atoms with Gasteiger partial charge in [0.15, 0.2) is 0 Å². The molecule has 1 unspecified atom stereocenters. The highest BCUT2D eigenvalue weighted by Gasteiger charge is 2.24. The maximum Gasteiger partial charge on any atom is 0.305 e. The molecule has 0 radical (unpaired) electrons. The topological polar surface area (TPSA) is 92.1 Å². The van der Waals surface area contributed by atoms with Gasteiger partial charge in [0.1, 0.15) is 5.75 Å². The second-order valence-electron chi connectivity index (χ2n) is 8.72. The molecule has 0 spiro atoms. The number of rotatable bonds is 12. The summed E-state index contributed by atoms with van der Waals surface area (Å²) in [6.45, 7) is 6.06. The molecule has 192 valence electrons. The largest absolute Gasteiger partial charge is 0.497 e. The maximum atomic E-state index is 12.6.